The summed E-state index contributed by atoms with van der Waals surface area (Å²) in [6.45, 7) is 0. The van der Waals surface area contributed by atoms with Crippen LogP contribution in [0.1, 0.15) is 16.7 Å². The number of aliphatic imine (C=N–C) groups is 1. The molecule has 0 spiro atoms. The summed E-state index contributed by atoms with van der Waals surface area (Å²) in [6.07, 6.45) is 4.27. The SMILES string of the molecule is C(=N\c1ccc2c3c(cccc13)CC2)/c1ccccc1. The van der Waals surface area contributed by atoms with Crippen LogP contribution in [-0.2, 0) is 12.8 Å². The molecule has 0 bridgehead atoms. The molecular formula is C19H15N. The zero-order chi connectivity index (χ0) is 13.4. The molecule has 1 aliphatic carbocycles. The predicted molar refractivity (Wildman–Crippen MR) is 85.1 cm³/mol. The van der Waals surface area contributed by atoms with Gasteiger partial charge in [0, 0.05) is 11.6 Å². The molecule has 0 saturated carbocycles. The van der Waals surface area contributed by atoms with Crippen molar-refractivity contribution < 1.29 is 0 Å². The van der Waals surface area contributed by atoms with E-state index in [4.69, 9.17) is 0 Å². The number of nitrogens with zero attached hydrogens (tertiary/aromatic N) is 1. The summed E-state index contributed by atoms with van der Waals surface area (Å²) in [5, 5.41) is 2.71. The van der Waals surface area contributed by atoms with E-state index in [-0.39, 0.29) is 0 Å². The first kappa shape index (κ1) is 11.4. The molecule has 1 aliphatic rings. The minimum absolute atomic E-state index is 1.07. The Kier molecular flexibility index (Phi) is 2.63. The zero-order valence-electron chi connectivity index (χ0n) is 11.2. The van der Waals surface area contributed by atoms with Gasteiger partial charge in [0.1, 0.15) is 0 Å². The normalized spacial score (nSPS) is 13.4. The van der Waals surface area contributed by atoms with Crippen LogP contribution in [0.5, 0.6) is 0 Å². The predicted octanol–water partition coefficient (Wildman–Crippen LogP) is 4.69. The smallest absolute Gasteiger partial charge is 0.0708 e. The van der Waals surface area contributed by atoms with E-state index < -0.39 is 0 Å². The molecule has 0 aliphatic heterocycles. The lowest BCUT2D eigenvalue weighted by Crippen LogP contribution is -1.82. The van der Waals surface area contributed by atoms with Crippen LogP contribution in [0.25, 0.3) is 10.8 Å². The van der Waals surface area contributed by atoms with Crippen molar-refractivity contribution in [1.29, 1.82) is 0 Å². The van der Waals surface area contributed by atoms with Gasteiger partial charge in [-0.15, -0.1) is 0 Å². The van der Waals surface area contributed by atoms with Crippen LogP contribution in [-0.4, -0.2) is 6.21 Å². The van der Waals surface area contributed by atoms with Gasteiger partial charge in [0.2, 0.25) is 0 Å². The molecule has 0 unspecified atom stereocenters. The van der Waals surface area contributed by atoms with Crippen molar-refractivity contribution >= 4 is 22.7 Å². The quantitative estimate of drug-likeness (QED) is 0.591. The Bertz CT molecular complexity index is 790. The molecule has 0 aromatic heterocycles. The Morgan fingerprint density at radius 1 is 0.750 bits per heavy atom. The van der Waals surface area contributed by atoms with E-state index in [9.17, 15) is 0 Å². The van der Waals surface area contributed by atoms with Gasteiger partial charge in [-0.3, -0.25) is 4.99 Å². The topological polar surface area (TPSA) is 12.4 Å². The average molecular weight is 257 g/mol. The lowest BCUT2D eigenvalue weighted by molar-refractivity contribution is 1.02. The third-order valence-electron chi connectivity index (χ3n) is 4.01. The Morgan fingerprint density at radius 3 is 2.40 bits per heavy atom. The molecule has 0 saturated heterocycles. The lowest BCUT2D eigenvalue weighted by Gasteiger charge is -2.05. The molecule has 0 radical (unpaired) electrons. The Hall–Kier alpha value is -2.41. The van der Waals surface area contributed by atoms with E-state index in [0.717, 1.165) is 11.3 Å². The van der Waals surface area contributed by atoms with Crippen LogP contribution in [0.3, 0.4) is 0 Å². The molecule has 0 N–H and O–H groups in total. The second-order valence-electron chi connectivity index (χ2n) is 5.25. The Morgan fingerprint density at radius 2 is 1.55 bits per heavy atom. The maximum absolute atomic E-state index is 4.69. The highest BCUT2D eigenvalue weighted by Crippen LogP contribution is 2.36. The second kappa shape index (κ2) is 4.61. The summed E-state index contributed by atoms with van der Waals surface area (Å²) in [6, 6.07) is 21.2. The summed E-state index contributed by atoms with van der Waals surface area (Å²) in [5.41, 5.74) is 5.13. The first-order chi connectivity index (χ1) is 9.92. The highest BCUT2D eigenvalue weighted by Gasteiger charge is 2.15. The molecule has 1 nitrogen and oxygen atoms in total. The van der Waals surface area contributed by atoms with Crippen LogP contribution in [0, 0.1) is 0 Å². The van der Waals surface area contributed by atoms with Crippen LogP contribution in [0.2, 0.25) is 0 Å². The largest absolute Gasteiger partial charge is 0.256 e. The number of aryl methyl sites for hydroxylation is 2. The summed E-state index contributed by atoms with van der Waals surface area (Å²) in [5.74, 6) is 0. The van der Waals surface area contributed by atoms with Crippen LogP contribution >= 0.6 is 0 Å². The van der Waals surface area contributed by atoms with Crippen molar-refractivity contribution in [3.63, 3.8) is 0 Å². The lowest BCUT2D eigenvalue weighted by atomic mass is 10.0. The van der Waals surface area contributed by atoms with Crippen LogP contribution < -0.4 is 0 Å². The summed E-state index contributed by atoms with van der Waals surface area (Å²) < 4.78 is 0. The van der Waals surface area contributed by atoms with Gasteiger partial charge in [-0.1, -0.05) is 54.6 Å². The fourth-order valence-electron chi connectivity index (χ4n) is 3.03. The van der Waals surface area contributed by atoms with E-state index in [2.05, 4.69) is 47.5 Å². The fraction of sp³-hybridized carbons (Fsp3) is 0.105. The highest BCUT2D eigenvalue weighted by molar-refractivity contribution is 6.00. The summed E-state index contributed by atoms with van der Waals surface area (Å²) in [4.78, 5) is 4.69. The Balaban J connectivity index is 1.84. The van der Waals surface area contributed by atoms with Crippen LogP contribution in [0.15, 0.2) is 65.7 Å². The molecule has 0 fully saturated rings. The van der Waals surface area contributed by atoms with Gasteiger partial charge >= 0.3 is 0 Å². The first-order valence-corrected chi connectivity index (χ1v) is 7.04. The van der Waals surface area contributed by atoms with Gasteiger partial charge in [0.25, 0.3) is 0 Å². The van der Waals surface area contributed by atoms with E-state index in [1.54, 1.807) is 0 Å². The zero-order valence-corrected chi connectivity index (χ0v) is 11.2. The monoisotopic (exact) mass is 257 g/mol. The maximum Gasteiger partial charge on any atom is 0.0708 e. The van der Waals surface area contributed by atoms with Crippen molar-refractivity contribution in [3.8, 4) is 0 Å². The van der Waals surface area contributed by atoms with Gasteiger partial charge in [0.05, 0.1) is 5.69 Å². The molecule has 1 heteroatoms. The van der Waals surface area contributed by atoms with Crippen molar-refractivity contribution in [2.24, 2.45) is 4.99 Å². The third-order valence-corrected chi connectivity index (χ3v) is 4.01. The fourth-order valence-corrected chi connectivity index (χ4v) is 3.03. The first-order valence-electron chi connectivity index (χ1n) is 7.04. The molecule has 3 aromatic rings. The average Bonchev–Trinajstić information content (AvgIpc) is 2.93. The summed E-state index contributed by atoms with van der Waals surface area (Å²) in [7, 11) is 0. The van der Waals surface area contributed by atoms with E-state index >= 15 is 0 Å². The molecule has 4 rings (SSSR count). The number of rotatable bonds is 2. The number of hydrogen-bond donors (Lipinski definition) is 0. The van der Waals surface area contributed by atoms with Gasteiger partial charge in [-0.05, 0) is 41.0 Å². The van der Waals surface area contributed by atoms with Crippen molar-refractivity contribution in [2.75, 3.05) is 0 Å². The van der Waals surface area contributed by atoms with Crippen molar-refractivity contribution in [3.05, 3.63) is 77.4 Å². The molecule has 0 amide bonds. The highest BCUT2D eigenvalue weighted by atomic mass is 14.7. The standard InChI is InChI=1S/C19H15N/c1-2-5-14(6-3-1)13-20-18-12-11-16-10-9-15-7-4-8-17(18)19(15)16/h1-8,11-13H,9-10H2/b20-13+. The number of benzene rings is 3. The van der Waals surface area contributed by atoms with Gasteiger partial charge in [-0.2, -0.15) is 0 Å². The maximum atomic E-state index is 4.69. The molecule has 0 atom stereocenters. The van der Waals surface area contributed by atoms with Crippen LogP contribution in [0.4, 0.5) is 5.69 Å². The summed E-state index contributed by atoms with van der Waals surface area (Å²) >= 11 is 0. The molecule has 20 heavy (non-hydrogen) atoms. The molecule has 96 valence electrons. The van der Waals surface area contributed by atoms with E-state index in [1.807, 2.05) is 24.4 Å². The molecular weight excluding hydrogens is 242 g/mol. The van der Waals surface area contributed by atoms with E-state index in [1.165, 1.54) is 34.7 Å². The van der Waals surface area contributed by atoms with Crippen molar-refractivity contribution in [2.45, 2.75) is 12.8 Å². The minimum atomic E-state index is 1.07. The third kappa shape index (κ3) is 1.83. The molecule has 3 aromatic carbocycles. The van der Waals surface area contributed by atoms with E-state index in [0.29, 0.717) is 0 Å². The van der Waals surface area contributed by atoms with Gasteiger partial charge in [-0.25, -0.2) is 0 Å². The second-order valence-corrected chi connectivity index (χ2v) is 5.25. The molecule has 0 heterocycles. The van der Waals surface area contributed by atoms with Gasteiger partial charge in [0.15, 0.2) is 0 Å². The minimum Gasteiger partial charge on any atom is -0.256 e. The number of hydrogen-bond acceptors (Lipinski definition) is 1. The van der Waals surface area contributed by atoms with Crippen molar-refractivity contribution in [1.82, 2.24) is 0 Å². The Labute approximate surface area is 118 Å². The van der Waals surface area contributed by atoms with Gasteiger partial charge < -0.3 is 0 Å².